The number of nitrogens with one attached hydrogen (secondary N) is 1. The van der Waals surface area contributed by atoms with Gasteiger partial charge in [-0.05, 0) is 90.4 Å². The van der Waals surface area contributed by atoms with Crippen molar-refractivity contribution in [2.75, 3.05) is 6.54 Å². The molecule has 0 aliphatic heterocycles. The van der Waals surface area contributed by atoms with Crippen LogP contribution in [0.15, 0.2) is 122 Å². The number of carboxylic acid groups (broad SMARTS) is 2. The minimum Gasteiger partial charge on any atom is -0.550 e. The molecular weight excluding hydrogens is 775 g/mol. The van der Waals surface area contributed by atoms with Crippen LogP contribution in [0.2, 0.25) is 0 Å². The van der Waals surface area contributed by atoms with E-state index in [0.29, 0.717) is 32.1 Å². The molecule has 61 heavy (non-hydrogen) atoms. The van der Waals surface area contributed by atoms with Gasteiger partial charge in [-0.3, -0.25) is 4.79 Å². The number of carbonyl (C=O) groups excluding carboxylic acids is 3. The molecule has 0 saturated carbocycles. The third-order valence-electron chi connectivity index (χ3n) is 8.45. The van der Waals surface area contributed by atoms with Gasteiger partial charge < -0.3 is 57.0 Å². The number of aliphatic hydroxyl groups excluding tert-OH is 4. The zero-order chi connectivity index (χ0) is 46.4. The van der Waals surface area contributed by atoms with Gasteiger partial charge in [0, 0.05) is 5.97 Å². The van der Waals surface area contributed by atoms with Gasteiger partial charge in [0.05, 0.1) is 43.0 Å². The molecule has 0 aromatic carbocycles. The Hall–Kier alpha value is -4.43. The number of quaternary nitrogens is 2. The highest BCUT2D eigenvalue weighted by molar-refractivity contribution is 5.84. The molecule has 0 fully saturated rings. The van der Waals surface area contributed by atoms with E-state index >= 15 is 0 Å². The van der Waals surface area contributed by atoms with Crippen LogP contribution in [0.1, 0.15) is 124 Å². The summed E-state index contributed by atoms with van der Waals surface area (Å²) in [5, 5.41) is 61.0. The van der Waals surface area contributed by atoms with Crippen LogP contribution < -0.4 is 27.0 Å². The molecule has 0 aromatic heterocycles. The van der Waals surface area contributed by atoms with Crippen LogP contribution in [0.3, 0.4) is 0 Å². The maximum Gasteiger partial charge on any atom is 0.278 e. The summed E-state index contributed by atoms with van der Waals surface area (Å²) < 4.78 is 0. The number of aliphatic carboxylic acids is 2. The molecule has 346 valence electrons. The fraction of sp³-hybridized carbons (Fsp3) is 0.531. The Kier molecular flexibility index (Phi) is 46.5. The summed E-state index contributed by atoms with van der Waals surface area (Å²) in [7, 11) is 0. The van der Waals surface area contributed by atoms with Gasteiger partial charge in [0.25, 0.3) is 5.91 Å². The first-order valence-electron chi connectivity index (χ1n) is 21.9. The maximum absolute atomic E-state index is 11.2. The third-order valence-corrected chi connectivity index (χ3v) is 8.45. The van der Waals surface area contributed by atoms with Gasteiger partial charge in [0.1, 0.15) is 0 Å². The average Bonchev–Trinajstić information content (AvgIpc) is 3.24. The molecule has 0 radical (unpaired) electrons. The Morgan fingerprint density at radius 1 is 0.590 bits per heavy atom. The van der Waals surface area contributed by atoms with E-state index in [9.17, 15) is 45.0 Å². The molecule has 1 amide bonds. The number of amides is 1. The van der Waals surface area contributed by atoms with Crippen molar-refractivity contribution in [3.05, 3.63) is 122 Å². The molecule has 11 N–H and O–H groups in total. The van der Waals surface area contributed by atoms with Gasteiger partial charge in [-0.2, -0.15) is 0 Å². The Balaban J connectivity index is -0.000000849. The first kappa shape index (κ1) is 60.9. The summed E-state index contributed by atoms with van der Waals surface area (Å²) in [6, 6.07) is -1.37. The zero-order valence-corrected chi connectivity index (χ0v) is 37.6. The van der Waals surface area contributed by atoms with Gasteiger partial charge in [-0.15, -0.1) is 0 Å². The van der Waals surface area contributed by atoms with E-state index in [-0.39, 0.29) is 12.3 Å². The first-order chi connectivity index (χ1) is 29.3. The Bertz CT molecular complexity index is 1380. The second-order valence-electron chi connectivity index (χ2n) is 14.2. The topological polar surface area (TPSA) is 246 Å². The number of rotatable bonds is 32. The standard InChI is InChI=1S/C20H30O4.C20H32O2.C9H19N3O3/c1-2-18(21)19(22)16-14-12-10-8-6-4-3-5-7-9-11-13-15-17-20(23)24;1-3-5-6-7-8-9-10-11-12-13-14-15-16-17-18-20(22)19(21)4-2;1-6(11)8(13)12-7(9(14)15)4-2-3-5-10/h3,5-6,8-12,14,16,18-19,21-22H,2,4,7,13,15,17H2,1H3,(H,23,24);7-8,10-11,13-22H,3-6,9,12H2,1-2H3;6-7H,2-5,10-11H2,1H3,(H,12,13)(H,14,15)/b5-3-,8-6-,11-9-,12-10+,16-14+;8-7-,11-10-,14-13-,16-15+,18-17+;/t18-,19-;19-,20-;6-,7-/m110/s1. The average molecular weight is 856 g/mol. The molecular formula is C49H81N3O9. The minimum atomic E-state index is -1.24. The van der Waals surface area contributed by atoms with Crippen molar-refractivity contribution < 1.29 is 56.5 Å². The van der Waals surface area contributed by atoms with Gasteiger partial charge in [-0.25, -0.2) is 0 Å². The summed E-state index contributed by atoms with van der Waals surface area (Å²) in [6.45, 7) is 8.24. The second-order valence-corrected chi connectivity index (χ2v) is 14.2. The summed E-state index contributed by atoms with van der Waals surface area (Å²) in [6.07, 6.45) is 47.9. The molecule has 0 bridgehead atoms. The third kappa shape index (κ3) is 46.5. The number of unbranched alkanes of at least 4 members (excludes halogenated alkanes) is 4. The molecule has 0 aliphatic carbocycles. The predicted molar refractivity (Wildman–Crippen MR) is 244 cm³/mol. The van der Waals surface area contributed by atoms with Gasteiger partial charge >= 0.3 is 0 Å². The minimum absolute atomic E-state index is 0.117. The maximum atomic E-state index is 11.2. The second kappa shape index (κ2) is 46.6. The lowest BCUT2D eigenvalue weighted by atomic mass is 10.1. The van der Waals surface area contributed by atoms with Crippen molar-refractivity contribution in [1.82, 2.24) is 5.32 Å². The van der Waals surface area contributed by atoms with Crippen molar-refractivity contribution >= 4 is 17.8 Å². The van der Waals surface area contributed by atoms with E-state index in [1.54, 1.807) is 37.3 Å². The molecule has 0 unspecified atom stereocenters. The number of hydrogen-bond donors (Lipinski definition) is 7. The van der Waals surface area contributed by atoms with Crippen LogP contribution in [-0.4, -0.2) is 81.3 Å². The highest BCUT2D eigenvalue weighted by Crippen LogP contribution is 2.03. The summed E-state index contributed by atoms with van der Waals surface area (Å²) in [5.41, 5.74) is 7.17. The van der Waals surface area contributed by atoms with E-state index in [4.69, 9.17) is 0 Å². The zero-order valence-electron chi connectivity index (χ0n) is 37.6. The Labute approximate surface area is 367 Å². The van der Waals surface area contributed by atoms with Gasteiger partial charge in [-0.1, -0.05) is 155 Å². The number of carbonyl (C=O) groups is 3. The number of aliphatic hydroxyl groups is 4. The van der Waals surface area contributed by atoms with Gasteiger partial charge in [0.15, 0.2) is 6.04 Å². The Morgan fingerprint density at radius 2 is 1.02 bits per heavy atom. The molecule has 0 rings (SSSR count). The normalized spacial score (nSPS) is 15.4. The van der Waals surface area contributed by atoms with Crippen molar-refractivity contribution in [3.63, 3.8) is 0 Å². The van der Waals surface area contributed by atoms with Crippen LogP contribution in [0.25, 0.3) is 0 Å². The highest BCUT2D eigenvalue weighted by Gasteiger charge is 2.17. The summed E-state index contributed by atoms with van der Waals surface area (Å²) >= 11 is 0. The van der Waals surface area contributed by atoms with Crippen molar-refractivity contribution in [2.24, 2.45) is 0 Å². The Morgan fingerprint density at radius 3 is 1.41 bits per heavy atom. The highest BCUT2D eigenvalue weighted by atomic mass is 16.4. The monoisotopic (exact) mass is 856 g/mol. The van der Waals surface area contributed by atoms with Crippen LogP contribution in [0.5, 0.6) is 0 Å². The number of hydrogen-bond acceptors (Lipinski definition) is 9. The lowest BCUT2D eigenvalue weighted by molar-refractivity contribution is -0.398. The van der Waals surface area contributed by atoms with Crippen molar-refractivity contribution in [3.8, 4) is 0 Å². The SMILES string of the molecule is CCCC/C=C\C/C=C\C\C=C/C=C/C=C/[C@@H](O)[C@H](O)CC.CC[C@@H](O)[C@H](O)/C=C/C=C/C=C\C/C=C\C/C=C\CCCC(=O)[O-].C[C@H]([NH3+])C(=O)N[C@@H](CCCC[NH3+])C(=O)[O-]. The van der Waals surface area contributed by atoms with E-state index in [1.807, 2.05) is 62.5 Å². The lowest BCUT2D eigenvalue weighted by Gasteiger charge is -2.19. The van der Waals surface area contributed by atoms with Crippen molar-refractivity contribution in [2.45, 2.75) is 161 Å². The molecule has 0 aliphatic rings. The summed E-state index contributed by atoms with van der Waals surface area (Å²) in [5.74, 6) is -2.60. The molecule has 0 heterocycles. The fourth-order valence-corrected chi connectivity index (χ4v) is 4.57. The van der Waals surface area contributed by atoms with Crippen LogP contribution in [-0.2, 0) is 14.4 Å². The van der Waals surface area contributed by atoms with Crippen molar-refractivity contribution in [1.29, 1.82) is 0 Å². The number of carboxylic acids is 2. The molecule has 12 heteroatoms. The predicted octanol–water partition coefficient (Wildman–Crippen LogP) is 3.73. The molecule has 0 aromatic rings. The van der Waals surface area contributed by atoms with E-state index in [1.165, 1.54) is 19.3 Å². The number of allylic oxidation sites excluding steroid dienone is 18. The van der Waals surface area contributed by atoms with Crippen LogP contribution in [0.4, 0.5) is 0 Å². The summed E-state index contributed by atoms with van der Waals surface area (Å²) in [4.78, 5) is 32.1. The first-order valence-corrected chi connectivity index (χ1v) is 21.9. The van der Waals surface area contributed by atoms with Crippen LogP contribution >= 0.6 is 0 Å². The molecule has 6 atom stereocenters. The van der Waals surface area contributed by atoms with E-state index in [2.05, 4.69) is 66.2 Å². The molecule has 0 saturated heterocycles. The molecule has 0 spiro atoms. The van der Waals surface area contributed by atoms with E-state index < -0.39 is 48.4 Å². The van der Waals surface area contributed by atoms with Gasteiger partial charge in [0.2, 0.25) is 0 Å². The van der Waals surface area contributed by atoms with E-state index in [0.717, 1.165) is 45.1 Å². The largest absolute Gasteiger partial charge is 0.550 e. The quantitative estimate of drug-likeness (QED) is 0.0296. The molecule has 12 nitrogen and oxygen atoms in total. The fourth-order valence-electron chi connectivity index (χ4n) is 4.57. The lowest BCUT2D eigenvalue weighted by Crippen LogP contribution is -2.67. The smallest absolute Gasteiger partial charge is 0.278 e. The van der Waals surface area contributed by atoms with Crippen LogP contribution in [0, 0.1) is 0 Å².